The SMILES string of the molecule is Nc1cc(Nc2nccc3nc(N4CCCC(n5nccn5)C4)sc23)ncn1. The van der Waals surface area contributed by atoms with E-state index in [4.69, 9.17) is 10.7 Å². The summed E-state index contributed by atoms with van der Waals surface area (Å²) >= 11 is 1.62. The number of nitrogens with zero attached hydrogens (tertiary/aromatic N) is 8. The van der Waals surface area contributed by atoms with Crippen LogP contribution in [0.3, 0.4) is 0 Å². The Balaban J connectivity index is 1.43. The summed E-state index contributed by atoms with van der Waals surface area (Å²) in [6, 6.07) is 3.86. The van der Waals surface area contributed by atoms with Crippen molar-refractivity contribution in [2.75, 3.05) is 29.0 Å². The van der Waals surface area contributed by atoms with Crippen LogP contribution in [-0.2, 0) is 0 Å². The molecule has 5 rings (SSSR count). The summed E-state index contributed by atoms with van der Waals surface area (Å²) < 4.78 is 0.981. The molecule has 1 aliphatic heterocycles. The van der Waals surface area contributed by atoms with Gasteiger partial charge in [0.25, 0.3) is 0 Å². The molecule has 0 spiro atoms. The molecular weight excluding hydrogens is 376 g/mol. The van der Waals surface area contributed by atoms with Crippen LogP contribution in [0.2, 0.25) is 0 Å². The first-order valence-electron chi connectivity index (χ1n) is 8.97. The number of pyridine rings is 1. The fourth-order valence-electron chi connectivity index (χ4n) is 3.36. The Bertz CT molecular complexity index is 1090. The van der Waals surface area contributed by atoms with Crippen LogP contribution in [0.25, 0.3) is 10.2 Å². The lowest BCUT2D eigenvalue weighted by molar-refractivity contribution is 0.342. The molecule has 28 heavy (non-hydrogen) atoms. The number of anilines is 4. The molecule has 142 valence electrons. The summed E-state index contributed by atoms with van der Waals surface area (Å²) in [4.78, 5) is 21.5. The van der Waals surface area contributed by atoms with Crippen LogP contribution in [-0.4, -0.2) is 48.0 Å². The van der Waals surface area contributed by atoms with E-state index in [0.717, 1.165) is 41.3 Å². The van der Waals surface area contributed by atoms with Gasteiger partial charge < -0.3 is 16.0 Å². The number of piperidine rings is 1. The van der Waals surface area contributed by atoms with Gasteiger partial charge in [0.2, 0.25) is 0 Å². The van der Waals surface area contributed by atoms with Crippen LogP contribution in [0, 0.1) is 0 Å². The lowest BCUT2D eigenvalue weighted by atomic mass is 10.1. The summed E-state index contributed by atoms with van der Waals surface area (Å²) in [6.07, 6.45) is 8.75. The van der Waals surface area contributed by atoms with Gasteiger partial charge in [0.15, 0.2) is 10.9 Å². The third kappa shape index (κ3) is 3.20. The molecule has 0 aromatic carbocycles. The zero-order chi connectivity index (χ0) is 18.9. The molecular formula is C17H18N10S. The van der Waals surface area contributed by atoms with E-state index in [0.29, 0.717) is 17.5 Å². The number of hydrogen-bond donors (Lipinski definition) is 2. The highest BCUT2D eigenvalue weighted by Gasteiger charge is 2.25. The van der Waals surface area contributed by atoms with Gasteiger partial charge >= 0.3 is 0 Å². The molecule has 1 aliphatic rings. The van der Waals surface area contributed by atoms with Gasteiger partial charge in [-0.15, -0.1) is 0 Å². The molecule has 5 heterocycles. The Labute approximate surface area is 164 Å². The highest BCUT2D eigenvalue weighted by Crippen LogP contribution is 2.36. The molecule has 10 nitrogen and oxygen atoms in total. The third-order valence-electron chi connectivity index (χ3n) is 4.66. The van der Waals surface area contributed by atoms with Crippen molar-refractivity contribution in [1.29, 1.82) is 0 Å². The van der Waals surface area contributed by atoms with Crippen molar-refractivity contribution >= 4 is 44.1 Å². The quantitative estimate of drug-likeness (QED) is 0.536. The van der Waals surface area contributed by atoms with E-state index in [1.807, 2.05) is 6.07 Å². The normalized spacial score (nSPS) is 17.1. The number of rotatable bonds is 4. The topological polar surface area (TPSA) is 124 Å². The van der Waals surface area contributed by atoms with Crippen LogP contribution < -0.4 is 16.0 Å². The Morgan fingerprint density at radius 2 is 2.04 bits per heavy atom. The number of nitrogens with one attached hydrogen (secondary N) is 1. The Kier molecular flexibility index (Phi) is 4.20. The molecule has 1 fully saturated rings. The maximum atomic E-state index is 5.74. The summed E-state index contributed by atoms with van der Waals surface area (Å²) in [7, 11) is 0. The first-order valence-corrected chi connectivity index (χ1v) is 9.79. The fraction of sp³-hybridized carbons (Fsp3) is 0.294. The minimum Gasteiger partial charge on any atom is -0.384 e. The first-order chi connectivity index (χ1) is 13.8. The average molecular weight is 394 g/mol. The second kappa shape index (κ2) is 7.00. The van der Waals surface area contributed by atoms with Crippen LogP contribution in [0.1, 0.15) is 18.9 Å². The van der Waals surface area contributed by atoms with Crippen molar-refractivity contribution in [2.45, 2.75) is 18.9 Å². The molecule has 11 heteroatoms. The number of nitrogens with two attached hydrogens (primary N) is 1. The molecule has 1 saturated heterocycles. The van der Waals surface area contributed by atoms with Crippen molar-refractivity contribution in [3.05, 3.63) is 37.1 Å². The van der Waals surface area contributed by atoms with Gasteiger partial charge in [0.1, 0.15) is 18.0 Å². The van der Waals surface area contributed by atoms with Gasteiger partial charge in [-0.05, 0) is 18.9 Å². The lowest BCUT2D eigenvalue weighted by Crippen LogP contribution is -2.37. The van der Waals surface area contributed by atoms with Crippen LogP contribution in [0.4, 0.5) is 22.6 Å². The third-order valence-corrected chi connectivity index (χ3v) is 5.80. The second-order valence-electron chi connectivity index (χ2n) is 6.55. The predicted molar refractivity (Wildman–Crippen MR) is 108 cm³/mol. The molecule has 0 amide bonds. The monoisotopic (exact) mass is 394 g/mol. The van der Waals surface area contributed by atoms with E-state index in [-0.39, 0.29) is 6.04 Å². The maximum Gasteiger partial charge on any atom is 0.186 e. The molecule has 1 atom stereocenters. The van der Waals surface area contributed by atoms with Crippen LogP contribution in [0.5, 0.6) is 0 Å². The smallest absolute Gasteiger partial charge is 0.186 e. The van der Waals surface area contributed by atoms with Crippen molar-refractivity contribution in [1.82, 2.24) is 34.9 Å². The van der Waals surface area contributed by atoms with Gasteiger partial charge in [0, 0.05) is 25.4 Å². The van der Waals surface area contributed by atoms with E-state index >= 15 is 0 Å². The van der Waals surface area contributed by atoms with Crippen molar-refractivity contribution in [2.24, 2.45) is 0 Å². The predicted octanol–water partition coefficient (Wildman–Crippen LogP) is 2.24. The molecule has 0 bridgehead atoms. The number of nitrogen functional groups attached to an aromatic ring is 1. The highest BCUT2D eigenvalue weighted by molar-refractivity contribution is 7.22. The number of fused-ring (bicyclic) bond motifs is 1. The van der Waals surface area contributed by atoms with Crippen LogP contribution >= 0.6 is 11.3 Å². The van der Waals surface area contributed by atoms with E-state index in [1.54, 1.807) is 40.8 Å². The van der Waals surface area contributed by atoms with Crippen molar-refractivity contribution < 1.29 is 0 Å². The molecule has 4 aromatic rings. The van der Waals surface area contributed by atoms with Gasteiger partial charge in [-0.1, -0.05) is 11.3 Å². The molecule has 0 aliphatic carbocycles. The Morgan fingerprint density at radius 1 is 1.14 bits per heavy atom. The largest absolute Gasteiger partial charge is 0.384 e. The molecule has 0 radical (unpaired) electrons. The highest BCUT2D eigenvalue weighted by atomic mass is 32.1. The van der Waals surface area contributed by atoms with E-state index < -0.39 is 0 Å². The summed E-state index contributed by atoms with van der Waals surface area (Å²) in [6.45, 7) is 1.81. The molecule has 4 aromatic heterocycles. The first kappa shape index (κ1) is 16.8. The molecule has 1 unspecified atom stereocenters. The molecule has 3 N–H and O–H groups in total. The summed E-state index contributed by atoms with van der Waals surface area (Å²) in [5.74, 6) is 1.72. The number of hydrogen-bond acceptors (Lipinski definition) is 10. The summed E-state index contributed by atoms with van der Waals surface area (Å²) in [5.41, 5.74) is 6.64. The summed E-state index contributed by atoms with van der Waals surface area (Å²) in [5, 5.41) is 12.8. The van der Waals surface area contributed by atoms with Gasteiger partial charge in [-0.25, -0.2) is 19.9 Å². The number of aromatic nitrogens is 7. The average Bonchev–Trinajstić information content (AvgIpc) is 3.39. The minimum atomic E-state index is 0.260. The van der Waals surface area contributed by atoms with Gasteiger partial charge in [-0.3, -0.25) is 0 Å². The van der Waals surface area contributed by atoms with Gasteiger partial charge in [-0.2, -0.15) is 15.0 Å². The standard InChI is InChI=1S/C17H18N10S/c18-13-8-14(21-10-20-13)25-16-15-12(3-4-19-16)24-17(28-15)26-7-1-2-11(9-26)27-22-5-6-23-27/h3-6,8,10-11H,1-2,7,9H2,(H3,18,19,20,21,25). The van der Waals surface area contributed by atoms with Crippen molar-refractivity contribution in [3.8, 4) is 0 Å². The molecule has 0 saturated carbocycles. The number of thiazole rings is 1. The lowest BCUT2D eigenvalue weighted by Gasteiger charge is -2.31. The zero-order valence-electron chi connectivity index (χ0n) is 14.9. The maximum absolute atomic E-state index is 5.74. The minimum absolute atomic E-state index is 0.260. The van der Waals surface area contributed by atoms with Crippen LogP contribution in [0.15, 0.2) is 37.1 Å². The van der Waals surface area contributed by atoms with Gasteiger partial charge in [0.05, 0.1) is 28.7 Å². The zero-order valence-corrected chi connectivity index (χ0v) is 15.7. The van der Waals surface area contributed by atoms with E-state index in [2.05, 4.69) is 35.4 Å². The van der Waals surface area contributed by atoms with E-state index in [9.17, 15) is 0 Å². The second-order valence-corrected chi connectivity index (χ2v) is 7.53. The van der Waals surface area contributed by atoms with E-state index in [1.165, 1.54) is 6.33 Å². The fourth-order valence-corrected chi connectivity index (χ4v) is 4.40. The Hall–Kier alpha value is -3.34. The Morgan fingerprint density at radius 3 is 2.89 bits per heavy atom. The van der Waals surface area contributed by atoms with Crippen molar-refractivity contribution in [3.63, 3.8) is 0 Å².